The van der Waals surface area contributed by atoms with E-state index in [-0.39, 0.29) is 11.9 Å². The SMILES string of the molecule is [2H][C@@]12CCC[C@@H]1N1C(=N2)N(C)C(=O)c2c1nn(Cc1ccc(-c3cccc(C)n3)cc1)c2Nc1ccccc1. The Kier molecular flexibility index (Phi) is 5.02. The summed E-state index contributed by atoms with van der Waals surface area (Å²) in [6.07, 6.45) is 2.47. The van der Waals surface area contributed by atoms with Gasteiger partial charge in [0, 0.05) is 24.0 Å². The van der Waals surface area contributed by atoms with Crippen LogP contribution in [0.5, 0.6) is 0 Å². The van der Waals surface area contributed by atoms with E-state index in [4.69, 9.17) is 11.5 Å². The number of anilines is 3. The Balaban J connectivity index is 1.30. The highest BCUT2D eigenvalue weighted by Crippen LogP contribution is 2.43. The van der Waals surface area contributed by atoms with E-state index in [2.05, 4.69) is 34.6 Å². The highest BCUT2D eigenvalue weighted by Gasteiger charge is 2.49. The van der Waals surface area contributed by atoms with E-state index in [9.17, 15) is 4.79 Å². The van der Waals surface area contributed by atoms with E-state index in [0.717, 1.165) is 41.0 Å². The number of nitrogens with zero attached hydrogens (tertiary/aromatic N) is 6. The van der Waals surface area contributed by atoms with Gasteiger partial charge in [-0.2, -0.15) is 5.10 Å². The first-order chi connectivity index (χ1) is 18.9. The van der Waals surface area contributed by atoms with Crippen molar-refractivity contribution < 1.29 is 6.17 Å². The second-order valence-corrected chi connectivity index (χ2v) is 10.1. The third-order valence-electron chi connectivity index (χ3n) is 7.55. The van der Waals surface area contributed by atoms with Gasteiger partial charge in [-0.1, -0.05) is 48.5 Å². The lowest BCUT2D eigenvalue weighted by molar-refractivity contribution is 0.0866. The molecule has 2 aromatic carbocycles. The van der Waals surface area contributed by atoms with Crippen molar-refractivity contribution in [2.75, 3.05) is 17.3 Å². The lowest BCUT2D eigenvalue weighted by Gasteiger charge is -2.34. The van der Waals surface area contributed by atoms with Gasteiger partial charge in [0.15, 0.2) is 5.82 Å². The molecule has 2 aromatic heterocycles. The zero-order valence-corrected chi connectivity index (χ0v) is 21.4. The number of amides is 1. The van der Waals surface area contributed by atoms with Crippen LogP contribution in [-0.4, -0.2) is 50.6 Å². The summed E-state index contributed by atoms with van der Waals surface area (Å²) in [4.78, 5) is 26.7. The fourth-order valence-corrected chi connectivity index (χ4v) is 5.65. The molecule has 8 nitrogen and oxygen atoms in total. The standard InChI is InChI=1S/C30H29N7O/c1-19-8-6-11-23(31-19)21-16-14-20(15-17-21)18-36-27(32-22-9-4-3-5-10-22)26-28(34-36)37-25-13-7-12-24(25)33-30(37)35(2)29(26)38/h3-6,8-11,14-17,24-25,32H,7,12-13,18H2,1-2H3/t24-,25+/m1/s1/i24D. The zero-order valence-electron chi connectivity index (χ0n) is 22.4. The molecule has 38 heavy (non-hydrogen) atoms. The minimum atomic E-state index is -0.943. The molecule has 1 aliphatic carbocycles. The average Bonchev–Trinajstić information content (AvgIpc) is 3.57. The molecule has 4 aromatic rings. The Hall–Kier alpha value is -4.46. The molecule has 0 spiro atoms. The number of carbonyl (C=O) groups excluding carboxylic acids is 1. The molecule has 0 bridgehead atoms. The highest BCUT2D eigenvalue weighted by atomic mass is 16.2. The first-order valence-corrected chi connectivity index (χ1v) is 13.0. The van der Waals surface area contributed by atoms with Crippen molar-refractivity contribution in [2.24, 2.45) is 4.99 Å². The number of aliphatic imine (C=N–C) groups is 1. The number of nitrogens with one attached hydrogen (secondary N) is 1. The molecule has 190 valence electrons. The summed E-state index contributed by atoms with van der Waals surface area (Å²) in [7, 11) is 1.74. The maximum Gasteiger partial charge on any atom is 0.267 e. The van der Waals surface area contributed by atoms with Gasteiger partial charge in [0.25, 0.3) is 5.91 Å². The predicted molar refractivity (Wildman–Crippen MR) is 149 cm³/mol. The van der Waals surface area contributed by atoms with Crippen molar-refractivity contribution in [1.82, 2.24) is 19.7 Å². The van der Waals surface area contributed by atoms with Crippen LogP contribution < -0.4 is 10.2 Å². The van der Waals surface area contributed by atoms with Crippen LogP contribution in [-0.2, 0) is 6.54 Å². The Morgan fingerprint density at radius 1 is 1.03 bits per heavy atom. The Bertz CT molecular complexity index is 1610. The van der Waals surface area contributed by atoms with Crippen molar-refractivity contribution in [3.8, 4) is 11.3 Å². The number of aromatic nitrogens is 3. The molecule has 0 radical (unpaired) electrons. The first-order valence-electron chi connectivity index (χ1n) is 13.5. The number of benzene rings is 2. The first kappa shape index (κ1) is 21.6. The molecule has 1 saturated carbocycles. The molecular weight excluding hydrogens is 474 g/mol. The lowest BCUT2D eigenvalue weighted by atomic mass is 10.1. The van der Waals surface area contributed by atoms with Crippen LogP contribution in [0.1, 0.15) is 42.2 Å². The number of fused-ring (bicyclic) bond motifs is 5. The van der Waals surface area contributed by atoms with Crippen molar-refractivity contribution in [2.45, 2.75) is 44.8 Å². The summed E-state index contributed by atoms with van der Waals surface area (Å²) in [5.41, 5.74) is 5.40. The number of guanidine groups is 1. The monoisotopic (exact) mass is 504 g/mol. The van der Waals surface area contributed by atoms with E-state index in [1.807, 2.05) is 65.0 Å². The molecule has 3 aliphatic rings. The van der Waals surface area contributed by atoms with Gasteiger partial charge in [-0.3, -0.25) is 19.6 Å². The van der Waals surface area contributed by atoms with E-state index >= 15 is 0 Å². The van der Waals surface area contributed by atoms with E-state index in [0.29, 0.717) is 36.1 Å². The summed E-state index contributed by atoms with van der Waals surface area (Å²) in [5, 5.41) is 8.48. The average molecular weight is 505 g/mol. The molecular formula is C30H29N7O. The molecule has 1 N–H and O–H groups in total. The van der Waals surface area contributed by atoms with E-state index in [1.165, 1.54) is 0 Å². The van der Waals surface area contributed by atoms with Gasteiger partial charge in [-0.05, 0) is 56.0 Å². The van der Waals surface area contributed by atoms with Crippen LogP contribution in [0.25, 0.3) is 11.3 Å². The topological polar surface area (TPSA) is 78.7 Å². The summed E-state index contributed by atoms with van der Waals surface area (Å²) in [5.74, 6) is 1.57. The van der Waals surface area contributed by atoms with Gasteiger partial charge >= 0.3 is 0 Å². The zero-order chi connectivity index (χ0) is 26.7. The molecule has 4 heterocycles. The smallest absolute Gasteiger partial charge is 0.267 e. The second kappa shape index (κ2) is 8.83. The number of para-hydroxylation sites is 1. The number of carbonyl (C=O) groups is 1. The Morgan fingerprint density at radius 2 is 1.84 bits per heavy atom. The van der Waals surface area contributed by atoms with E-state index in [1.54, 1.807) is 11.9 Å². The van der Waals surface area contributed by atoms with Crippen LogP contribution in [0.4, 0.5) is 17.3 Å². The highest BCUT2D eigenvalue weighted by molar-refractivity contribution is 6.21. The maximum absolute atomic E-state index is 13.7. The maximum atomic E-state index is 13.7. The summed E-state index contributed by atoms with van der Waals surface area (Å²) in [6, 6.07) is 23.1. The van der Waals surface area contributed by atoms with Gasteiger partial charge in [0.1, 0.15) is 11.4 Å². The van der Waals surface area contributed by atoms with Crippen LogP contribution in [0.2, 0.25) is 0 Å². The van der Waals surface area contributed by atoms with Crippen molar-refractivity contribution in [3.63, 3.8) is 0 Å². The van der Waals surface area contributed by atoms with Crippen molar-refractivity contribution in [1.29, 1.82) is 0 Å². The largest absolute Gasteiger partial charge is 0.340 e. The van der Waals surface area contributed by atoms with Gasteiger partial charge in [-0.15, -0.1) is 0 Å². The number of hydrogen-bond donors (Lipinski definition) is 1. The van der Waals surface area contributed by atoms with Crippen LogP contribution in [0, 0.1) is 6.92 Å². The van der Waals surface area contributed by atoms with Gasteiger partial charge in [0.2, 0.25) is 5.96 Å². The summed E-state index contributed by atoms with van der Waals surface area (Å²) in [6.45, 7) is 2.46. The number of hydrogen-bond acceptors (Lipinski definition) is 6. The minimum absolute atomic E-state index is 0.129. The number of rotatable bonds is 5. The summed E-state index contributed by atoms with van der Waals surface area (Å²) >= 11 is 0. The third kappa shape index (κ3) is 3.67. The van der Waals surface area contributed by atoms with Crippen LogP contribution in [0.3, 0.4) is 0 Å². The molecule has 0 saturated heterocycles. The molecule has 7 rings (SSSR count). The third-order valence-corrected chi connectivity index (χ3v) is 7.55. The van der Waals surface area contributed by atoms with Crippen LogP contribution in [0.15, 0.2) is 77.8 Å². The molecule has 1 fully saturated rings. The lowest BCUT2D eigenvalue weighted by Crippen LogP contribution is -2.51. The number of aryl methyl sites for hydroxylation is 1. The molecule has 2 aliphatic heterocycles. The molecule has 1 amide bonds. The molecule has 0 unspecified atom stereocenters. The van der Waals surface area contributed by atoms with Gasteiger partial charge in [0.05, 0.1) is 25.7 Å². The van der Waals surface area contributed by atoms with Gasteiger partial charge < -0.3 is 5.32 Å². The molecule has 8 heteroatoms. The van der Waals surface area contributed by atoms with Gasteiger partial charge in [-0.25, -0.2) is 9.67 Å². The quantitative estimate of drug-likeness (QED) is 0.403. The summed E-state index contributed by atoms with van der Waals surface area (Å²) < 4.78 is 10.9. The van der Waals surface area contributed by atoms with Crippen molar-refractivity contribution >= 4 is 29.2 Å². The Morgan fingerprint density at radius 3 is 2.63 bits per heavy atom. The normalized spacial score (nSPS) is 22.1. The minimum Gasteiger partial charge on any atom is -0.340 e. The van der Waals surface area contributed by atoms with E-state index < -0.39 is 6.02 Å². The van der Waals surface area contributed by atoms with Crippen LogP contribution >= 0.6 is 0 Å². The predicted octanol–water partition coefficient (Wildman–Crippen LogP) is 5.23. The van der Waals surface area contributed by atoms with Crippen molar-refractivity contribution in [3.05, 3.63) is 89.6 Å². The number of pyridine rings is 1. The fourth-order valence-electron chi connectivity index (χ4n) is 5.65. The second-order valence-electron chi connectivity index (χ2n) is 10.1. The fraction of sp³-hybridized carbons (Fsp3) is 0.267. The Labute approximate surface area is 223 Å². The molecule has 2 atom stereocenters.